The molecule has 4 rings (SSSR count). The van der Waals surface area contributed by atoms with Crippen LogP contribution in [0.25, 0.3) is 5.69 Å². The van der Waals surface area contributed by atoms with Gasteiger partial charge in [-0.1, -0.05) is 35.5 Å². The van der Waals surface area contributed by atoms with E-state index in [-0.39, 0.29) is 5.91 Å². The van der Waals surface area contributed by atoms with Gasteiger partial charge in [-0.25, -0.2) is 4.68 Å². The van der Waals surface area contributed by atoms with E-state index < -0.39 is 0 Å². The molecule has 1 N–H and O–H groups in total. The first-order chi connectivity index (χ1) is 15.5. The SMILES string of the molecule is Cc1noc(C)c1CSc1ccccc1C(=O)NCc1c(C)nn(-c2ccccc2)c1C. The van der Waals surface area contributed by atoms with Crippen molar-refractivity contribution in [2.75, 3.05) is 0 Å². The van der Waals surface area contributed by atoms with Crippen molar-refractivity contribution in [1.82, 2.24) is 20.3 Å². The molecule has 2 heterocycles. The number of nitrogens with one attached hydrogen (secondary N) is 1. The largest absolute Gasteiger partial charge is 0.361 e. The summed E-state index contributed by atoms with van der Waals surface area (Å²) in [5.74, 6) is 1.42. The van der Waals surface area contributed by atoms with Crippen molar-refractivity contribution in [3.8, 4) is 5.69 Å². The Bertz CT molecular complexity index is 1220. The Hall–Kier alpha value is -3.32. The molecular formula is C25H26N4O2S. The van der Waals surface area contributed by atoms with Gasteiger partial charge in [0.05, 0.1) is 22.6 Å². The van der Waals surface area contributed by atoms with Crippen LogP contribution >= 0.6 is 11.8 Å². The van der Waals surface area contributed by atoms with E-state index >= 15 is 0 Å². The van der Waals surface area contributed by atoms with E-state index in [1.165, 1.54) is 0 Å². The van der Waals surface area contributed by atoms with Crippen LogP contribution in [-0.4, -0.2) is 20.8 Å². The number of rotatable bonds is 7. The molecular weight excluding hydrogens is 420 g/mol. The molecule has 0 saturated heterocycles. The fraction of sp³-hybridized carbons (Fsp3) is 0.240. The maximum Gasteiger partial charge on any atom is 0.252 e. The van der Waals surface area contributed by atoms with Gasteiger partial charge in [-0.2, -0.15) is 5.10 Å². The van der Waals surface area contributed by atoms with E-state index in [1.807, 2.05) is 87.0 Å². The summed E-state index contributed by atoms with van der Waals surface area (Å²) in [5, 5.41) is 11.8. The Morgan fingerprint density at radius 2 is 1.69 bits per heavy atom. The Labute approximate surface area is 192 Å². The highest BCUT2D eigenvalue weighted by Crippen LogP contribution is 2.29. The molecule has 0 radical (unpaired) electrons. The molecule has 0 bridgehead atoms. The Morgan fingerprint density at radius 3 is 2.41 bits per heavy atom. The van der Waals surface area contributed by atoms with Crippen LogP contribution in [0.1, 0.15) is 44.3 Å². The van der Waals surface area contributed by atoms with E-state index in [2.05, 4.69) is 15.6 Å². The highest BCUT2D eigenvalue weighted by Gasteiger charge is 2.17. The quantitative estimate of drug-likeness (QED) is 0.389. The van der Waals surface area contributed by atoms with Crippen LogP contribution in [0.4, 0.5) is 0 Å². The van der Waals surface area contributed by atoms with E-state index in [0.717, 1.165) is 44.6 Å². The van der Waals surface area contributed by atoms with Crippen LogP contribution in [0.3, 0.4) is 0 Å². The molecule has 0 aliphatic rings. The second-order valence-electron chi connectivity index (χ2n) is 7.67. The van der Waals surface area contributed by atoms with Crippen molar-refractivity contribution in [2.24, 2.45) is 0 Å². The van der Waals surface area contributed by atoms with Crippen LogP contribution in [0.5, 0.6) is 0 Å². The van der Waals surface area contributed by atoms with Gasteiger partial charge in [-0.05, 0) is 52.0 Å². The molecule has 0 unspecified atom stereocenters. The molecule has 2 aromatic carbocycles. The Kier molecular flexibility index (Phi) is 6.46. The van der Waals surface area contributed by atoms with Crippen LogP contribution in [0.2, 0.25) is 0 Å². The Balaban J connectivity index is 1.48. The zero-order valence-electron chi connectivity index (χ0n) is 18.7. The summed E-state index contributed by atoms with van der Waals surface area (Å²) in [6.45, 7) is 8.27. The summed E-state index contributed by atoms with van der Waals surface area (Å²) in [4.78, 5) is 14.0. The number of benzene rings is 2. The predicted octanol–water partition coefficient (Wildman–Crippen LogP) is 5.32. The third-order valence-corrected chi connectivity index (χ3v) is 6.65. The van der Waals surface area contributed by atoms with Gasteiger partial charge in [0.15, 0.2) is 0 Å². The average molecular weight is 447 g/mol. The van der Waals surface area contributed by atoms with Crippen molar-refractivity contribution >= 4 is 17.7 Å². The van der Waals surface area contributed by atoms with E-state index in [0.29, 0.717) is 17.9 Å². The van der Waals surface area contributed by atoms with Crippen LogP contribution < -0.4 is 5.32 Å². The number of amides is 1. The van der Waals surface area contributed by atoms with Crippen molar-refractivity contribution in [2.45, 2.75) is 44.9 Å². The number of hydrogen-bond donors (Lipinski definition) is 1. The summed E-state index contributed by atoms with van der Waals surface area (Å²) in [7, 11) is 0. The van der Waals surface area contributed by atoms with Gasteiger partial charge in [0.25, 0.3) is 5.91 Å². The predicted molar refractivity (Wildman–Crippen MR) is 126 cm³/mol. The monoisotopic (exact) mass is 446 g/mol. The second-order valence-corrected chi connectivity index (χ2v) is 8.68. The number of carbonyl (C=O) groups is 1. The molecule has 0 spiro atoms. The molecule has 0 fully saturated rings. The molecule has 0 atom stereocenters. The van der Waals surface area contributed by atoms with Crippen LogP contribution in [0, 0.1) is 27.7 Å². The van der Waals surface area contributed by atoms with Crippen molar-refractivity contribution in [1.29, 1.82) is 0 Å². The second kappa shape index (κ2) is 9.44. The van der Waals surface area contributed by atoms with Gasteiger partial charge in [-0.3, -0.25) is 4.79 Å². The first-order valence-electron chi connectivity index (χ1n) is 10.5. The minimum Gasteiger partial charge on any atom is -0.361 e. The summed E-state index contributed by atoms with van der Waals surface area (Å²) in [5.41, 5.74) is 6.59. The highest BCUT2D eigenvalue weighted by atomic mass is 32.2. The van der Waals surface area contributed by atoms with E-state index in [9.17, 15) is 4.79 Å². The minimum atomic E-state index is -0.0990. The molecule has 0 aliphatic carbocycles. The van der Waals surface area contributed by atoms with Crippen molar-refractivity contribution < 1.29 is 9.32 Å². The smallest absolute Gasteiger partial charge is 0.252 e. The standard InChI is InChI=1S/C25H26N4O2S/c1-16-22(18(3)29(27-16)20-10-6-5-7-11-20)14-26-25(30)21-12-8-9-13-24(21)32-15-23-17(2)28-31-19(23)4/h5-13H,14-15H2,1-4H3,(H,26,30). The fourth-order valence-corrected chi connectivity index (χ4v) is 4.86. The minimum absolute atomic E-state index is 0.0990. The summed E-state index contributed by atoms with van der Waals surface area (Å²) >= 11 is 1.61. The lowest BCUT2D eigenvalue weighted by Gasteiger charge is -2.11. The summed E-state index contributed by atoms with van der Waals surface area (Å²) < 4.78 is 7.18. The number of hydrogen-bond acceptors (Lipinski definition) is 5. The van der Waals surface area contributed by atoms with Gasteiger partial charge in [0.1, 0.15) is 5.76 Å². The summed E-state index contributed by atoms with van der Waals surface area (Å²) in [6.07, 6.45) is 0. The number of nitrogens with zero attached hydrogens (tertiary/aromatic N) is 3. The molecule has 164 valence electrons. The third kappa shape index (κ3) is 4.48. The number of carbonyl (C=O) groups excluding carboxylic acids is 1. The van der Waals surface area contributed by atoms with Crippen molar-refractivity contribution in [3.63, 3.8) is 0 Å². The van der Waals surface area contributed by atoms with Gasteiger partial charge in [0, 0.05) is 34.0 Å². The van der Waals surface area contributed by atoms with Crippen LogP contribution in [-0.2, 0) is 12.3 Å². The number of aryl methyl sites for hydroxylation is 3. The fourth-order valence-electron chi connectivity index (χ4n) is 3.65. The topological polar surface area (TPSA) is 73.0 Å². The first kappa shape index (κ1) is 21.9. The molecule has 0 saturated carbocycles. The number of aromatic nitrogens is 3. The maximum atomic E-state index is 13.1. The normalized spacial score (nSPS) is 11.0. The molecule has 6 nitrogen and oxygen atoms in total. The molecule has 32 heavy (non-hydrogen) atoms. The van der Waals surface area contributed by atoms with E-state index in [1.54, 1.807) is 11.8 Å². The number of para-hydroxylation sites is 1. The maximum absolute atomic E-state index is 13.1. The Morgan fingerprint density at radius 1 is 0.969 bits per heavy atom. The van der Waals surface area contributed by atoms with Crippen LogP contribution in [0.15, 0.2) is 64.0 Å². The van der Waals surface area contributed by atoms with Gasteiger partial charge >= 0.3 is 0 Å². The van der Waals surface area contributed by atoms with Crippen molar-refractivity contribution in [3.05, 3.63) is 94.1 Å². The lowest BCUT2D eigenvalue weighted by Crippen LogP contribution is -2.24. The summed E-state index contributed by atoms with van der Waals surface area (Å²) in [6, 6.07) is 17.7. The zero-order chi connectivity index (χ0) is 22.7. The molecule has 4 aromatic rings. The van der Waals surface area contributed by atoms with Gasteiger partial charge in [0.2, 0.25) is 0 Å². The average Bonchev–Trinajstić information content (AvgIpc) is 3.28. The molecule has 1 amide bonds. The third-order valence-electron chi connectivity index (χ3n) is 5.55. The molecule has 0 aliphatic heterocycles. The van der Waals surface area contributed by atoms with E-state index in [4.69, 9.17) is 4.52 Å². The highest BCUT2D eigenvalue weighted by molar-refractivity contribution is 7.98. The lowest BCUT2D eigenvalue weighted by molar-refractivity contribution is 0.0948. The van der Waals surface area contributed by atoms with Gasteiger partial charge < -0.3 is 9.84 Å². The number of thioether (sulfide) groups is 1. The lowest BCUT2D eigenvalue weighted by atomic mass is 10.1. The first-order valence-corrected chi connectivity index (χ1v) is 11.5. The molecule has 2 aromatic heterocycles. The zero-order valence-corrected chi connectivity index (χ0v) is 19.5. The molecule has 7 heteroatoms. The van der Waals surface area contributed by atoms with Gasteiger partial charge in [-0.15, -0.1) is 11.8 Å².